The summed E-state index contributed by atoms with van der Waals surface area (Å²) in [5, 5.41) is 0. The van der Waals surface area contributed by atoms with Gasteiger partial charge < -0.3 is 14.2 Å². The van der Waals surface area contributed by atoms with Crippen LogP contribution >= 0.6 is 0 Å². The van der Waals surface area contributed by atoms with Gasteiger partial charge in [0.2, 0.25) is 5.79 Å². The Morgan fingerprint density at radius 1 is 1.16 bits per heavy atom. The first-order chi connectivity index (χ1) is 11.9. The van der Waals surface area contributed by atoms with Crippen LogP contribution in [0.3, 0.4) is 0 Å². The third kappa shape index (κ3) is 2.77. The summed E-state index contributed by atoms with van der Waals surface area (Å²) < 4.78 is 18.5. The van der Waals surface area contributed by atoms with Crippen molar-refractivity contribution in [1.82, 2.24) is 0 Å². The maximum Gasteiger partial charge on any atom is 0.201 e. The lowest BCUT2D eigenvalue weighted by Crippen LogP contribution is -2.70. The molecule has 0 amide bonds. The molecule has 4 aliphatic heterocycles. The Labute approximate surface area is 149 Å². The van der Waals surface area contributed by atoms with Crippen LogP contribution in [0, 0.1) is 23.7 Å². The van der Waals surface area contributed by atoms with E-state index in [1.807, 2.05) is 6.92 Å². The maximum absolute atomic E-state index is 11.2. The van der Waals surface area contributed by atoms with Gasteiger partial charge in [0.1, 0.15) is 5.78 Å². The summed E-state index contributed by atoms with van der Waals surface area (Å²) >= 11 is 0. The monoisotopic (exact) mass is 354 g/mol. The zero-order valence-corrected chi connectivity index (χ0v) is 15.7. The summed E-state index contributed by atoms with van der Waals surface area (Å²) in [6.07, 6.45) is 3.61. The summed E-state index contributed by atoms with van der Waals surface area (Å²) in [4.78, 5) is 23.1. The molecule has 0 radical (unpaired) electrons. The van der Waals surface area contributed by atoms with Crippen LogP contribution in [0.25, 0.3) is 0 Å². The molecule has 0 aromatic heterocycles. The molecule has 25 heavy (non-hydrogen) atoms. The highest BCUT2D eigenvalue weighted by atomic mass is 17.3. The van der Waals surface area contributed by atoms with Gasteiger partial charge in [-0.05, 0) is 44.9 Å². The molecule has 0 unspecified atom stereocenters. The van der Waals surface area contributed by atoms with Gasteiger partial charge in [-0.25, -0.2) is 9.78 Å². The molecule has 5 rings (SSSR count). The fraction of sp³-hybridized carbons (Fsp3) is 0.947. The van der Waals surface area contributed by atoms with Crippen LogP contribution in [0.15, 0.2) is 0 Å². The molecule has 2 bridgehead atoms. The summed E-state index contributed by atoms with van der Waals surface area (Å²) in [6, 6.07) is 0. The lowest BCUT2D eigenvalue weighted by molar-refractivity contribution is -0.577. The molecule has 5 fully saturated rings. The molecule has 6 heteroatoms. The van der Waals surface area contributed by atoms with E-state index in [2.05, 4.69) is 13.8 Å². The highest BCUT2D eigenvalue weighted by molar-refractivity contribution is 5.75. The Kier molecular flexibility index (Phi) is 4.48. The van der Waals surface area contributed by atoms with Gasteiger partial charge in [0.25, 0.3) is 0 Å². The highest BCUT2D eigenvalue weighted by Gasteiger charge is 2.69. The second-order valence-electron chi connectivity index (χ2n) is 8.60. The van der Waals surface area contributed by atoms with Crippen molar-refractivity contribution in [2.24, 2.45) is 23.7 Å². The molecule has 4 heterocycles. The second-order valence-corrected chi connectivity index (χ2v) is 8.60. The van der Waals surface area contributed by atoms with E-state index < -0.39 is 17.7 Å². The predicted molar refractivity (Wildman–Crippen MR) is 88.1 cm³/mol. The molecule has 1 aliphatic carbocycles. The Hall–Kier alpha value is -0.530. The fourth-order valence-electron chi connectivity index (χ4n) is 5.38. The van der Waals surface area contributed by atoms with Gasteiger partial charge in [0.15, 0.2) is 18.2 Å². The number of hydrogen-bond acceptors (Lipinski definition) is 6. The summed E-state index contributed by atoms with van der Waals surface area (Å²) in [7, 11) is 0. The average Bonchev–Trinajstić information content (AvgIpc) is 2.78. The number of fused-ring (bicyclic) bond motifs is 2. The van der Waals surface area contributed by atoms with Gasteiger partial charge in [0, 0.05) is 24.7 Å². The first kappa shape index (κ1) is 17.9. The van der Waals surface area contributed by atoms with E-state index in [0.717, 1.165) is 19.3 Å². The maximum atomic E-state index is 11.2. The van der Waals surface area contributed by atoms with E-state index in [1.165, 1.54) is 6.42 Å². The smallest absolute Gasteiger partial charge is 0.201 e. The minimum absolute atomic E-state index is 0.125. The Bertz CT molecular complexity index is 538. The SMILES string of the molecule is CC(=O)CCO[C@@H]1O[C@@H]2O[C@@]3(C)CC[C@H]4[C@H](C)CC[C@@H]([C@H]1C)[C@@]24OO3. The van der Waals surface area contributed by atoms with Crippen molar-refractivity contribution in [1.29, 1.82) is 0 Å². The first-order valence-electron chi connectivity index (χ1n) is 9.67. The summed E-state index contributed by atoms with van der Waals surface area (Å²) in [5.41, 5.74) is -0.548. The zero-order chi connectivity index (χ0) is 17.8. The molecule has 6 nitrogen and oxygen atoms in total. The van der Waals surface area contributed by atoms with Crippen molar-refractivity contribution in [3.8, 4) is 0 Å². The van der Waals surface area contributed by atoms with Crippen molar-refractivity contribution in [2.45, 2.75) is 83.8 Å². The molecule has 1 spiro atoms. The predicted octanol–water partition coefficient (Wildman–Crippen LogP) is 3.19. The number of carbonyl (C=O) groups is 1. The van der Waals surface area contributed by atoms with E-state index in [-0.39, 0.29) is 23.9 Å². The summed E-state index contributed by atoms with van der Waals surface area (Å²) in [6.45, 7) is 8.34. The van der Waals surface area contributed by atoms with Gasteiger partial charge >= 0.3 is 0 Å². The van der Waals surface area contributed by atoms with Gasteiger partial charge in [-0.2, -0.15) is 0 Å². The van der Waals surface area contributed by atoms with Gasteiger partial charge in [0.05, 0.1) is 6.61 Å². The van der Waals surface area contributed by atoms with Crippen LogP contribution in [-0.2, 0) is 28.8 Å². The fourth-order valence-corrected chi connectivity index (χ4v) is 5.38. The van der Waals surface area contributed by atoms with E-state index in [0.29, 0.717) is 24.9 Å². The highest BCUT2D eigenvalue weighted by Crippen LogP contribution is 2.60. The van der Waals surface area contributed by atoms with Crippen molar-refractivity contribution in [3.63, 3.8) is 0 Å². The number of carbonyl (C=O) groups excluding carboxylic acids is 1. The molecular weight excluding hydrogens is 324 g/mol. The lowest BCUT2D eigenvalue weighted by Gasteiger charge is -2.60. The van der Waals surface area contributed by atoms with Crippen LogP contribution in [0.1, 0.15) is 59.8 Å². The van der Waals surface area contributed by atoms with Crippen LogP contribution in [0.5, 0.6) is 0 Å². The Morgan fingerprint density at radius 2 is 1.96 bits per heavy atom. The lowest BCUT2D eigenvalue weighted by atomic mass is 9.58. The van der Waals surface area contributed by atoms with Gasteiger partial charge in [-0.15, -0.1) is 0 Å². The van der Waals surface area contributed by atoms with E-state index >= 15 is 0 Å². The van der Waals surface area contributed by atoms with Gasteiger partial charge in [-0.1, -0.05) is 13.8 Å². The normalized spacial score (nSPS) is 51.7. The molecule has 4 saturated heterocycles. The molecule has 0 aromatic rings. The number of Topliss-reactive ketones (excluding diaryl/α,β-unsaturated/α-hetero) is 1. The molecular formula is C19H30O6. The molecule has 142 valence electrons. The van der Waals surface area contributed by atoms with Gasteiger partial charge in [-0.3, -0.25) is 4.79 Å². The van der Waals surface area contributed by atoms with Crippen LogP contribution < -0.4 is 0 Å². The molecule has 0 aromatic carbocycles. The standard InChI is InChI=1S/C19H30O6/c1-11-5-6-15-13(3)16(21-10-8-12(2)20)22-17-19(15)14(11)7-9-18(4,23-17)24-25-19/h11,13-17H,5-10H2,1-4H3/t11-,13-,14+,15+,16-,17-,18-,19-/m1/s1. The minimum atomic E-state index is -0.762. The number of ether oxygens (including phenoxy) is 3. The number of ketones is 1. The minimum Gasteiger partial charge on any atom is -0.352 e. The topological polar surface area (TPSA) is 63.2 Å². The molecule has 5 aliphatic rings. The largest absolute Gasteiger partial charge is 0.352 e. The van der Waals surface area contributed by atoms with Crippen molar-refractivity contribution in [3.05, 3.63) is 0 Å². The molecule has 8 atom stereocenters. The van der Waals surface area contributed by atoms with Crippen molar-refractivity contribution < 1.29 is 28.8 Å². The van der Waals surface area contributed by atoms with E-state index in [4.69, 9.17) is 24.0 Å². The first-order valence-corrected chi connectivity index (χ1v) is 9.67. The number of hydrogen-bond donors (Lipinski definition) is 0. The quantitative estimate of drug-likeness (QED) is 0.723. The Morgan fingerprint density at radius 3 is 2.72 bits per heavy atom. The summed E-state index contributed by atoms with van der Waals surface area (Å²) in [5.74, 6) is 0.701. The zero-order valence-electron chi connectivity index (χ0n) is 15.7. The van der Waals surface area contributed by atoms with Crippen LogP contribution in [0.4, 0.5) is 0 Å². The van der Waals surface area contributed by atoms with Crippen LogP contribution in [0.2, 0.25) is 0 Å². The van der Waals surface area contributed by atoms with Crippen LogP contribution in [-0.4, -0.2) is 36.4 Å². The molecule has 0 N–H and O–H groups in total. The van der Waals surface area contributed by atoms with Crippen molar-refractivity contribution in [2.75, 3.05) is 6.61 Å². The molecule has 1 saturated carbocycles. The third-order valence-electron chi connectivity index (χ3n) is 6.83. The average molecular weight is 354 g/mol. The second kappa shape index (κ2) is 6.27. The number of rotatable bonds is 4. The van der Waals surface area contributed by atoms with E-state index in [1.54, 1.807) is 6.92 Å². The van der Waals surface area contributed by atoms with E-state index in [9.17, 15) is 4.79 Å². The third-order valence-corrected chi connectivity index (χ3v) is 6.83. The Balaban J connectivity index is 1.62. The van der Waals surface area contributed by atoms with Crippen molar-refractivity contribution >= 4 is 5.78 Å².